The Bertz CT molecular complexity index is 415. The van der Waals surface area contributed by atoms with E-state index in [2.05, 4.69) is 32.6 Å². The minimum atomic E-state index is -0.214. The summed E-state index contributed by atoms with van der Waals surface area (Å²) in [5.74, 6) is -0.214. The molecular weight excluding hydrogens is 239 g/mol. The minimum Gasteiger partial charge on any atom is -0.322 e. The number of likely N-dealkylation sites (N-methyl/N-ethyl adjacent to an activating group) is 1. The number of hydrogen-bond acceptors (Lipinski definition) is 2. The maximum atomic E-state index is 13.5. The first-order chi connectivity index (χ1) is 8.90. The summed E-state index contributed by atoms with van der Waals surface area (Å²) in [6, 6.07) is 4.69. The first-order valence-electron chi connectivity index (χ1n) is 7.17. The van der Waals surface area contributed by atoms with E-state index in [1.54, 1.807) is 6.07 Å². The van der Waals surface area contributed by atoms with Gasteiger partial charge < -0.3 is 5.73 Å². The zero-order chi connectivity index (χ0) is 14.6. The fourth-order valence-corrected chi connectivity index (χ4v) is 2.87. The summed E-state index contributed by atoms with van der Waals surface area (Å²) < 4.78 is 13.5. The van der Waals surface area contributed by atoms with Gasteiger partial charge in [-0.05, 0) is 56.6 Å². The van der Waals surface area contributed by atoms with Crippen LogP contribution in [-0.4, -0.2) is 23.5 Å². The summed E-state index contributed by atoms with van der Waals surface area (Å²) in [6.07, 6.45) is 0.936. The van der Waals surface area contributed by atoms with Crippen molar-refractivity contribution >= 4 is 0 Å². The molecule has 3 heteroatoms. The highest BCUT2D eigenvalue weighted by Crippen LogP contribution is 2.34. The second kappa shape index (κ2) is 6.49. The van der Waals surface area contributed by atoms with Crippen LogP contribution in [0.4, 0.5) is 4.39 Å². The predicted molar refractivity (Wildman–Crippen MR) is 79.7 cm³/mol. The molecule has 0 aliphatic rings. The lowest BCUT2D eigenvalue weighted by Crippen LogP contribution is -2.53. The van der Waals surface area contributed by atoms with Crippen molar-refractivity contribution in [2.24, 2.45) is 5.73 Å². The van der Waals surface area contributed by atoms with Crippen LogP contribution in [0.5, 0.6) is 0 Å². The lowest BCUT2D eigenvalue weighted by atomic mass is 9.82. The van der Waals surface area contributed by atoms with Gasteiger partial charge in [0.15, 0.2) is 0 Å². The molecule has 1 aromatic carbocycles. The Morgan fingerprint density at radius 3 is 2.32 bits per heavy atom. The Labute approximate surface area is 116 Å². The van der Waals surface area contributed by atoms with Gasteiger partial charge in [-0.2, -0.15) is 0 Å². The molecule has 2 atom stereocenters. The van der Waals surface area contributed by atoms with Crippen LogP contribution in [0.3, 0.4) is 0 Å². The van der Waals surface area contributed by atoms with E-state index in [1.165, 1.54) is 6.07 Å². The molecule has 0 heterocycles. The summed E-state index contributed by atoms with van der Waals surface area (Å²) in [7, 11) is 0. The average molecular weight is 266 g/mol. The molecule has 2 unspecified atom stereocenters. The summed E-state index contributed by atoms with van der Waals surface area (Å²) in [5, 5.41) is 0. The largest absolute Gasteiger partial charge is 0.322 e. The van der Waals surface area contributed by atoms with E-state index >= 15 is 0 Å². The summed E-state index contributed by atoms with van der Waals surface area (Å²) in [6.45, 7) is 12.5. The maximum absolute atomic E-state index is 13.5. The third-order valence-electron chi connectivity index (χ3n) is 4.45. The third kappa shape index (κ3) is 3.15. The van der Waals surface area contributed by atoms with E-state index < -0.39 is 0 Å². The number of nitrogens with two attached hydrogens (primary N) is 1. The van der Waals surface area contributed by atoms with Crippen LogP contribution in [0, 0.1) is 12.7 Å². The van der Waals surface area contributed by atoms with Crippen molar-refractivity contribution in [1.82, 2.24) is 4.90 Å². The van der Waals surface area contributed by atoms with Gasteiger partial charge >= 0.3 is 0 Å². The minimum absolute atomic E-state index is 0.151. The highest BCUT2D eigenvalue weighted by Gasteiger charge is 2.36. The first kappa shape index (κ1) is 16.1. The predicted octanol–water partition coefficient (Wildman–Crippen LogP) is 3.64. The quantitative estimate of drug-likeness (QED) is 0.851. The maximum Gasteiger partial charge on any atom is 0.123 e. The summed E-state index contributed by atoms with van der Waals surface area (Å²) in [4.78, 5) is 2.36. The van der Waals surface area contributed by atoms with Crippen molar-refractivity contribution in [1.29, 1.82) is 0 Å². The zero-order valence-corrected chi connectivity index (χ0v) is 12.8. The van der Waals surface area contributed by atoms with Crippen LogP contribution < -0.4 is 5.73 Å². The second-order valence-corrected chi connectivity index (χ2v) is 5.36. The molecule has 0 spiro atoms. The van der Waals surface area contributed by atoms with E-state index in [1.807, 2.05) is 13.0 Å². The molecule has 0 aliphatic carbocycles. The Kier molecular flexibility index (Phi) is 5.50. The highest BCUT2D eigenvalue weighted by atomic mass is 19.1. The monoisotopic (exact) mass is 266 g/mol. The highest BCUT2D eigenvalue weighted by molar-refractivity contribution is 5.31. The zero-order valence-electron chi connectivity index (χ0n) is 12.8. The van der Waals surface area contributed by atoms with E-state index in [0.717, 1.165) is 30.6 Å². The fraction of sp³-hybridized carbons (Fsp3) is 0.625. The molecule has 1 rings (SSSR count). The Morgan fingerprint density at radius 1 is 1.26 bits per heavy atom. The van der Waals surface area contributed by atoms with Crippen molar-refractivity contribution in [2.75, 3.05) is 13.1 Å². The number of aryl methyl sites for hydroxylation is 1. The molecule has 1 aromatic rings. The van der Waals surface area contributed by atoms with Gasteiger partial charge in [-0.3, -0.25) is 4.90 Å². The summed E-state index contributed by atoms with van der Waals surface area (Å²) in [5.41, 5.74) is 8.32. The molecule has 0 fully saturated rings. The van der Waals surface area contributed by atoms with Crippen LogP contribution in [0.1, 0.15) is 51.3 Å². The number of benzene rings is 1. The van der Waals surface area contributed by atoms with Gasteiger partial charge in [0.2, 0.25) is 0 Å². The van der Waals surface area contributed by atoms with Gasteiger partial charge in [-0.25, -0.2) is 4.39 Å². The second-order valence-electron chi connectivity index (χ2n) is 5.36. The van der Waals surface area contributed by atoms with E-state index in [0.29, 0.717) is 0 Å². The van der Waals surface area contributed by atoms with Crippen LogP contribution >= 0.6 is 0 Å². The lowest BCUT2D eigenvalue weighted by Gasteiger charge is -2.44. The summed E-state index contributed by atoms with van der Waals surface area (Å²) >= 11 is 0. The lowest BCUT2D eigenvalue weighted by molar-refractivity contribution is 0.0841. The number of rotatable bonds is 6. The van der Waals surface area contributed by atoms with Crippen LogP contribution in [0.2, 0.25) is 0 Å². The Balaban J connectivity index is 3.20. The van der Waals surface area contributed by atoms with E-state index in [4.69, 9.17) is 5.73 Å². The molecule has 0 amide bonds. The number of nitrogens with zero attached hydrogens (tertiary/aromatic N) is 1. The smallest absolute Gasteiger partial charge is 0.123 e. The SMILES string of the molecule is CCN(CC)C(C)(CC)C(N)c1cc(F)ccc1C. The molecular formula is C16H27FN2. The molecule has 2 nitrogen and oxygen atoms in total. The fourth-order valence-electron chi connectivity index (χ4n) is 2.87. The van der Waals surface area contributed by atoms with Gasteiger partial charge in [0.05, 0.1) is 0 Å². The van der Waals surface area contributed by atoms with Crippen molar-refractivity contribution in [3.63, 3.8) is 0 Å². The average Bonchev–Trinajstić information content (AvgIpc) is 2.41. The Morgan fingerprint density at radius 2 is 1.84 bits per heavy atom. The number of halogens is 1. The van der Waals surface area contributed by atoms with Gasteiger partial charge in [0.25, 0.3) is 0 Å². The van der Waals surface area contributed by atoms with Crippen LogP contribution in [-0.2, 0) is 0 Å². The van der Waals surface area contributed by atoms with E-state index in [-0.39, 0.29) is 17.4 Å². The van der Waals surface area contributed by atoms with Gasteiger partial charge in [0, 0.05) is 11.6 Å². The van der Waals surface area contributed by atoms with Crippen molar-refractivity contribution in [3.05, 3.63) is 35.1 Å². The van der Waals surface area contributed by atoms with Crippen molar-refractivity contribution in [3.8, 4) is 0 Å². The van der Waals surface area contributed by atoms with Crippen molar-refractivity contribution in [2.45, 2.75) is 52.6 Å². The molecule has 0 aromatic heterocycles. The molecule has 0 saturated heterocycles. The molecule has 0 radical (unpaired) electrons. The van der Waals surface area contributed by atoms with Crippen LogP contribution in [0.25, 0.3) is 0 Å². The molecule has 0 saturated carbocycles. The third-order valence-corrected chi connectivity index (χ3v) is 4.45. The van der Waals surface area contributed by atoms with Crippen LogP contribution in [0.15, 0.2) is 18.2 Å². The van der Waals surface area contributed by atoms with Gasteiger partial charge in [-0.15, -0.1) is 0 Å². The number of hydrogen-bond donors (Lipinski definition) is 1. The molecule has 108 valence electrons. The van der Waals surface area contributed by atoms with E-state index in [9.17, 15) is 4.39 Å². The topological polar surface area (TPSA) is 29.3 Å². The molecule has 2 N–H and O–H groups in total. The van der Waals surface area contributed by atoms with Gasteiger partial charge in [0.1, 0.15) is 5.82 Å². The molecule has 0 aliphatic heterocycles. The molecule has 19 heavy (non-hydrogen) atoms. The standard InChI is InChI=1S/C16H27FN2/c1-6-16(5,19(7-2)8-3)15(18)14-11-13(17)10-9-12(14)4/h9-11,15H,6-8,18H2,1-5H3. The normalized spacial score (nSPS) is 16.4. The first-order valence-corrected chi connectivity index (χ1v) is 7.17. The van der Waals surface area contributed by atoms with Crippen molar-refractivity contribution < 1.29 is 4.39 Å². The van der Waals surface area contributed by atoms with Gasteiger partial charge in [-0.1, -0.05) is 26.8 Å². The molecule has 0 bridgehead atoms. The Hall–Kier alpha value is -0.930.